The van der Waals surface area contributed by atoms with E-state index in [1.807, 2.05) is 36.4 Å². The van der Waals surface area contributed by atoms with Gasteiger partial charge in [0.15, 0.2) is 0 Å². The molecule has 2 heterocycles. The van der Waals surface area contributed by atoms with Gasteiger partial charge in [-0.3, -0.25) is 24.7 Å². The standard InChI is InChI=1S/C28H30N4O5/c33-27(34)12-16-31(28(35)24-9-6-13-29-19-24)20-21-7-5-8-22(17-21)23-10-11-25(26(18-23)32(36)37)30-14-3-1-2-4-15-30/h5-11,13,17-19H,1-4,12,14-16,20H2,(H,33,34). The van der Waals surface area contributed by atoms with E-state index in [4.69, 9.17) is 5.11 Å². The van der Waals surface area contributed by atoms with E-state index in [0.717, 1.165) is 49.9 Å². The van der Waals surface area contributed by atoms with Crippen molar-refractivity contribution in [3.8, 4) is 11.1 Å². The predicted octanol–water partition coefficient (Wildman–Crippen LogP) is 5.15. The van der Waals surface area contributed by atoms with Crippen molar-refractivity contribution in [2.45, 2.75) is 38.6 Å². The summed E-state index contributed by atoms with van der Waals surface area (Å²) in [6.07, 6.45) is 7.17. The van der Waals surface area contributed by atoms with Crippen LogP contribution >= 0.6 is 0 Å². The third-order valence-electron chi connectivity index (χ3n) is 6.54. The third-order valence-corrected chi connectivity index (χ3v) is 6.54. The van der Waals surface area contributed by atoms with Crippen molar-refractivity contribution >= 4 is 23.3 Å². The molecule has 0 radical (unpaired) electrons. The zero-order valence-electron chi connectivity index (χ0n) is 20.6. The van der Waals surface area contributed by atoms with Gasteiger partial charge in [0.25, 0.3) is 11.6 Å². The van der Waals surface area contributed by atoms with E-state index in [0.29, 0.717) is 16.8 Å². The van der Waals surface area contributed by atoms with Crippen LogP contribution in [0.15, 0.2) is 67.0 Å². The minimum atomic E-state index is -0.991. The maximum atomic E-state index is 13.1. The van der Waals surface area contributed by atoms with Crippen LogP contribution in [-0.2, 0) is 11.3 Å². The van der Waals surface area contributed by atoms with Gasteiger partial charge in [0, 0.05) is 44.6 Å². The lowest BCUT2D eigenvalue weighted by Crippen LogP contribution is -2.32. The molecule has 0 bridgehead atoms. The number of hydrogen-bond donors (Lipinski definition) is 1. The van der Waals surface area contributed by atoms with Crippen molar-refractivity contribution in [3.63, 3.8) is 0 Å². The van der Waals surface area contributed by atoms with E-state index < -0.39 is 5.97 Å². The Balaban J connectivity index is 1.60. The highest BCUT2D eigenvalue weighted by Crippen LogP contribution is 2.34. The molecule has 0 unspecified atom stereocenters. The van der Waals surface area contributed by atoms with Crippen LogP contribution in [0.5, 0.6) is 0 Å². The van der Waals surface area contributed by atoms with Crippen LogP contribution in [0.4, 0.5) is 11.4 Å². The van der Waals surface area contributed by atoms with Crippen molar-refractivity contribution in [2.75, 3.05) is 24.5 Å². The Labute approximate surface area is 215 Å². The molecule has 0 aliphatic carbocycles. The number of hydrogen-bond acceptors (Lipinski definition) is 6. The van der Waals surface area contributed by atoms with Crippen molar-refractivity contribution in [3.05, 3.63) is 88.2 Å². The van der Waals surface area contributed by atoms with Gasteiger partial charge in [0.1, 0.15) is 5.69 Å². The molecule has 0 saturated carbocycles. The summed E-state index contributed by atoms with van der Waals surface area (Å²) in [5.74, 6) is -1.30. The number of amides is 1. The number of rotatable bonds is 9. The van der Waals surface area contributed by atoms with Crippen LogP contribution < -0.4 is 4.90 Å². The molecule has 1 fully saturated rings. The van der Waals surface area contributed by atoms with Crippen LogP contribution in [0.2, 0.25) is 0 Å². The van der Waals surface area contributed by atoms with E-state index in [-0.39, 0.29) is 36.0 Å². The van der Waals surface area contributed by atoms with E-state index in [2.05, 4.69) is 9.88 Å². The molecular formula is C28H30N4O5. The van der Waals surface area contributed by atoms with Crippen LogP contribution in [0, 0.1) is 10.1 Å². The highest BCUT2D eigenvalue weighted by atomic mass is 16.6. The van der Waals surface area contributed by atoms with Gasteiger partial charge >= 0.3 is 5.97 Å². The fraction of sp³-hybridized carbons (Fsp3) is 0.321. The highest BCUT2D eigenvalue weighted by molar-refractivity contribution is 5.94. The van der Waals surface area contributed by atoms with Gasteiger partial charge < -0.3 is 14.9 Å². The largest absolute Gasteiger partial charge is 0.481 e. The summed E-state index contributed by atoms with van der Waals surface area (Å²) >= 11 is 0. The molecule has 4 rings (SSSR count). The summed E-state index contributed by atoms with van der Waals surface area (Å²) in [6, 6.07) is 16.1. The number of aromatic nitrogens is 1. The number of carboxylic acids is 1. The number of benzene rings is 2. The molecule has 1 aromatic heterocycles. The second kappa shape index (κ2) is 12.1. The monoisotopic (exact) mass is 502 g/mol. The Hall–Kier alpha value is -4.27. The third kappa shape index (κ3) is 6.69. The SMILES string of the molecule is O=C(O)CCN(Cc1cccc(-c2ccc(N3CCCCCC3)c([N+](=O)[O-])c2)c1)C(=O)c1cccnc1. The molecule has 37 heavy (non-hydrogen) atoms. The second-order valence-corrected chi connectivity index (χ2v) is 9.17. The van der Waals surface area contributed by atoms with E-state index >= 15 is 0 Å². The van der Waals surface area contributed by atoms with Gasteiger partial charge in [0.2, 0.25) is 0 Å². The van der Waals surface area contributed by atoms with Gasteiger partial charge in [-0.2, -0.15) is 0 Å². The van der Waals surface area contributed by atoms with E-state index in [1.54, 1.807) is 24.4 Å². The second-order valence-electron chi connectivity index (χ2n) is 9.17. The van der Waals surface area contributed by atoms with Crippen LogP contribution in [0.25, 0.3) is 11.1 Å². The van der Waals surface area contributed by atoms with E-state index in [9.17, 15) is 19.7 Å². The Morgan fingerprint density at radius 2 is 1.76 bits per heavy atom. The topological polar surface area (TPSA) is 117 Å². The van der Waals surface area contributed by atoms with Crippen molar-refractivity contribution in [1.82, 2.24) is 9.88 Å². The van der Waals surface area contributed by atoms with Crippen LogP contribution in [0.1, 0.15) is 48.0 Å². The van der Waals surface area contributed by atoms with Crippen molar-refractivity contribution in [2.24, 2.45) is 0 Å². The molecule has 192 valence electrons. The molecule has 3 aromatic rings. The maximum absolute atomic E-state index is 13.1. The molecule has 1 amide bonds. The summed E-state index contributed by atoms with van der Waals surface area (Å²) in [5.41, 5.74) is 3.40. The van der Waals surface area contributed by atoms with Crippen molar-refractivity contribution < 1.29 is 19.6 Å². The number of nitrogens with zero attached hydrogens (tertiary/aromatic N) is 4. The average molecular weight is 503 g/mol. The molecule has 9 nitrogen and oxygen atoms in total. The predicted molar refractivity (Wildman–Crippen MR) is 140 cm³/mol. The lowest BCUT2D eigenvalue weighted by atomic mass is 10.0. The molecule has 1 aliphatic heterocycles. The first-order valence-electron chi connectivity index (χ1n) is 12.5. The number of nitro benzene ring substituents is 1. The molecular weight excluding hydrogens is 472 g/mol. The fourth-order valence-electron chi connectivity index (χ4n) is 4.65. The van der Waals surface area contributed by atoms with E-state index in [1.165, 1.54) is 11.1 Å². The number of pyridine rings is 1. The first kappa shape index (κ1) is 25.8. The summed E-state index contributed by atoms with van der Waals surface area (Å²) in [5, 5.41) is 21.1. The minimum Gasteiger partial charge on any atom is -0.481 e. The number of carbonyl (C=O) groups excluding carboxylic acids is 1. The Morgan fingerprint density at radius 3 is 2.43 bits per heavy atom. The average Bonchev–Trinajstić information content (AvgIpc) is 3.20. The Bertz CT molecular complexity index is 1260. The number of aliphatic carboxylic acids is 1. The first-order valence-corrected chi connectivity index (χ1v) is 12.5. The first-order chi connectivity index (χ1) is 17.9. The summed E-state index contributed by atoms with van der Waals surface area (Å²) in [4.78, 5) is 43.5. The summed E-state index contributed by atoms with van der Waals surface area (Å²) < 4.78 is 0. The summed E-state index contributed by atoms with van der Waals surface area (Å²) in [7, 11) is 0. The lowest BCUT2D eigenvalue weighted by Gasteiger charge is -2.23. The number of nitro groups is 1. The van der Waals surface area contributed by atoms with Gasteiger partial charge in [0.05, 0.1) is 16.9 Å². The Kier molecular flexibility index (Phi) is 8.45. The van der Waals surface area contributed by atoms with Crippen LogP contribution in [-0.4, -0.2) is 51.4 Å². The van der Waals surface area contributed by atoms with Gasteiger partial charge in [-0.25, -0.2) is 0 Å². The quantitative estimate of drug-likeness (QED) is 0.317. The number of carboxylic acid groups (broad SMARTS) is 1. The Morgan fingerprint density at radius 1 is 1.00 bits per heavy atom. The highest BCUT2D eigenvalue weighted by Gasteiger charge is 2.22. The smallest absolute Gasteiger partial charge is 0.305 e. The molecule has 9 heteroatoms. The summed E-state index contributed by atoms with van der Waals surface area (Å²) in [6.45, 7) is 1.87. The number of carbonyl (C=O) groups is 2. The molecule has 0 spiro atoms. The molecule has 1 aliphatic rings. The molecule has 1 N–H and O–H groups in total. The maximum Gasteiger partial charge on any atom is 0.305 e. The minimum absolute atomic E-state index is 0.0449. The molecule has 1 saturated heterocycles. The van der Waals surface area contributed by atoms with Crippen molar-refractivity contribution in [1.29, 1.82) is 0 Å². The molecule has 0 atom stereocenters. The number of anilines is 1. The normalized spacial score (nSPS) is 13.6. The van der Waals surface area contributed by atoms with Gasteiger partial charge in [-0.1, -0.05) is 37.1 Å². The zero-order valence-corrected chi connectivity index (χ0v) is 20.6. The lowest BCUT2D eigenvalue weighted by molar-refractivity contribution is -0.384. The zero-order chi connectivity index (χ0) is 26.2. The van der Waals surface area contributed by atoms with Gasteiger partial charge in [-0.15, -0.1) is 0 Å². The van der Waals surface area contributed by atoms with Crippen LogP contribution in [0.3, 0.4) is 0 Å². The molecule has 2 aromatic carbocycles. The fourth-order valence-corrected chi connectivity index (χ4v) is 4.65. The van der Waals surface area contributed by atoms with Gasteiger partial charge in [-0.05, 0) is 53.8 Å².